The molecule has 5 heteroatoms. The highest BCUT2D eigenvalue weighted by Gasteiger charge is 2.26. The van der Waals surface area contributed by atoms with Crippen LogP contribution in [0.2, 0.25) is 0 Å². The van der Waals surface area contributed by atoms with E-state index >= 15 is 0 Å². The van der Waals surface area contributed by atoms with Crippen LogP contribution >= 0.6 is 0 Å². The van der Waals surface area contributed by atoms with Crippen LogP contribution in [0.15, 0.2) is 24.4 Å². The fourth-order valence-corrected chi connectivity index (χ4v) is 2.59. The fourth-order valence-electron chi connectivity index (χ4n) is 2.59. The molecular formula is C15H17N3O2. The van der Waals surface area contributed by atoms with Crippen molar-refractivity contribution in [3.05, 3.63) is 35.9 Å². The van der Waals surface area contributed by atoms with Crippen molar-refractivity contribution in [3.8, 4) is 11.4 Å². The molecule has 104 valence electrons. The number of imidazole rings is 1. The van der Waals surface area contributed by atoms with Gasteiger partial charge in [0.05, 0.1) is 12.3 Å². The number of hydrogen-bond acceptors (Lipinski definition) is 4. The van der Waals surface area contributed by atoms with Gasteiger partial charge in [0.15, 0.2) is 5.69 Å². The normalized spacial score (nSPS) is 13.8. The standard InChI is InChI=1S/C15H17N3O2/c1-2-20-15(19)13-14(11-7-3-5-9-16-11)18-10-6-4-8-12(18)17-13/h3,5,7,9H,2,4,6,8,10H2,1H3. The van der Waals surface area contributed by atoms with Gasteiger partial charge in [0.25, 0.3) is 0 Å². The number of carbonyl (C=O) groups excluding carboxylic acids is 1. The molecule has 2 aromatic rings. The summed E-state index contributed by atoms with van der Waals surface area (Å²) in [6, 6.07) is 5.68. The third-order valence-electron chi connectivity index (χ3n) is 3.46. The van der Waals surface area contributed by atoms with Gasteiger partial charge in [-0.1, -0.05) is 6.07 Å². The van der Waals surface area contributed by atoms with Crippen LogP contribution in [-0.4, -0.2) is 27.1 Å². The van der Waals surface area contributed by atoms with Crippen molar-refractivity contribution in [2.75, 3.05) is 6.61 Å². The Labute approximate surface area is 117 Å². The summed E-state index contributed by atoms with van der Waals surface area (Å²) in [5.41, 5.74) is 1.96. The van der Waals surface area contributed by atoms with E-state index < -0.39 is 0 Å². The number of aromatic nitrogens is 3. The highest BCUT2D eigenvalue weighted by Crippen LogP contribution is 2.28. The molecular weight excluding hydrogens is 254 g/mol. The number of carbonyl (C=O) groups is 1. The molecule has 0 unspecified atom stereocenters. The maximum absolute atomic E-state index is 12.1. The molecule has 0 bridgehead atoms. The molecule has 1 aliphatic rings. The molecule has 3 rings (SSSR count). The summed E-state index contributed by atoms with van der Waals surface area (Å²) in [6.45, 7) is 3.03. The van der Waals surface area contributed by atoms with Crippen LogP contribution in [0.3, 0.4) is 0 Å². The number of nitrogens with zero attached hydrogens (tertiary/aromatic N) is 3. The Morgan fingerprint density at radius 3 is 3.05 bits per heavy atom. The zero-order valence-corrected chi connectivity index (χ0v) is 11.5. The van der Waals surface area contributed by atoms with Crippen LogP contribution in [0.1, 0.15) is 36.1 Å². The van der Waals surface area contributed by atoms with Crippen LogP contribution in [0, 0.1) is 0 Å². The minimum absolute atomic E-state index is 0.350. The zero-order chi connectivity index (χ0) is 13.9. The maximum atomic E-state index is 12.1. The van der Waals surface area contributed by atoms with Gasteiger partial charge in [-0.2, -0.15) is 0 Å². The first-order valence-electron chi connectivity index (χ1n) is 6.99. The number of esters is 1. The number of aryl methyl sites for hydroxylation is 1. The Bertz CT molecular complexity index is 620. The Balaban J connectivity index is 2.14. The van der Waals surface area contributed by atoms with Gasteiger partial charge >= 0.3 is 5.97 Å². The van der Waals surface area contributed by atoms with Crippen molar-refractivity contribution in [2.24, 2.45) is 0 Å². The van der Waals surface area contributed by atoms with Gasteiger partial charge in [-0.15, -0.1) is 0 Å². The quantitative estimate of drug-likeness (QED) is 0.805. The Morgan fingerprint density at radius 2 is 2.30 bits per heavy atom. The molecule has 0 aliphatic carbocycles. The second-order valence-corrected chi connectivity index (χ2v) is 4.77. The molecule has 0 radical (unpaired) electrons. The lowest BCUT2D eigenvalue weighted by Crippen LogP contribution is -2.12. The second kappa shape index (κ2) is 5.45. The number of hydrogen-bond donors (Lipinski definition) is 0. The van der Waals surface area contributed by atoms with Gasteiger partial charge in [-0.3, -0.25) is 4.98 Å². The minimum Gasteiger partial charge on any atom is -0.461 e. The van der Waals surface area contributed by atoms with E-state index in [1.807, 2.05) is 18.2 Å². The number of ether oxygens (including phenoxy) is 1. The van der Waals surface area contributed by atoms with Crippen molar-refractivity contribution in [2.45, 2.75) is 32.7 Å². The van der Waals surface area contributed by atoms with E-state index in [2.05, 4.69) is 14.5 Å². The van der Waals surface area contributed by atoms with Crippen molar-refractivity contribution < 1.29 is 9.53 Å². The molecule has 0 saturated heterocycles. The fraction of sp³-hybridized carbons (Fsp3) is 0.400. The molecule has 3 heterocycles. The van der Waals surface area contributed by atoms with E-state index in [-0.39, 0.29) is 5.97 Å². The van der Waals surface area contributed by atoms with Crippen molar-refractivity contribution in [3.63, 3.8) is 0 Å². The first-order chi connectivity index (χ1) is 9.81. The van der Waals surface area contributed by atoms with Crippen LogP contribution in [-0.2, 0) is 17.7 Å². The molecule has 2 aromatic heterocycles. The summed E-state index contributed by atoms with van der Waals surface area (Å²) in [5, 5.41) is 0. The highest BCUT2D eigenvalue weighted by atomic mass is 16.5. The Morgan fingerprint density at radius 1 is 1.40 bits per heavy atom. The minimum atomic E-state index is -0.366. The van der Waals surface area contributed by atoms with E-state index in [1.54, 1.807) is 13.1 Å². The van der Waals surface area contributed by atoms with E-state index in [4.69, 9.17) is 4.74 Å². The van der Waals surface area contributed by atoms with Gasteiger partial charge < -0.3 is 9.30 Å². The smallest absolute Gasteiger partial charge is 0.359 e. The van der Waals surface area contributed by atoms with E-state index in [9.17, 15) is 4.79 Å². The topological polar surface area (TPSA) is 57.0 Å². The van der Waals surface area contributed by atoms with Crippen LogP contribution in [0.4, 0.5) is 0 Å². The van der Waals surface area contributed by atoms with Crippen LogP contribution < -0.4 is 0 Å². The van der Waals surface area contributed by atoms with Gasteiger partial charge in [0.1, 0.15) is 11.5 Å². The largest absolute Gasteiger partial charge is 0.461 e. The summed E-state index contributed by atoms with van der Waals surface area (Å²) in [5.74, 6) is 0.593. The van der Waals surface area contributed by atoms with E-state index in [0.29, 0.717) is 12.3 Å². The van der Waals surface area contributed by atoms with Crippen molar-refractivity contribution in [1.29, 1.82) is 0 Å². The predicted molar refractivity (Wildman–Crippen MR) is 74.4 cm³/mol. The third kappa shape index (κ3) is 2.19. The summed E-state index contributed by atoms with van der Waals surface area (Å²) < 4.78 is 7.23. The van der Waals surface area contributed by atoms with Gasteiger partial charge in [0, 0.05) is 19.2 Å². The SMILES string of the molecule is CCOC(=O)c1nc2n(c1-c1ccccn1)CCCC2. The number of rotatable bonds is 3. The van der Waals surface area contributed by atoms with E-state index in [1.165, 1.54) is 0 Å². The first-order valence-corrected chi connectivity index (χ1v) is 6.99. The molecule has 20 heavy (non-hydrogen) atoms. The van der Waals surface area contributed by atoms with Crippen LogP contribution in [0.5, 0.6) is 0 Å². The summed E-state index contributed by atoms with van der Waals surface area (Å²) in [4.78, 5) is 21.0. The number of pyridine rings is 1. The molecule has 0 atom stereocenters. The molecule has 0 amide bonds. The summed E-state index contributed by atoms with van der Waals surface area (Å²) in [7, 11) is 0. The molecule has 0 N–H and O–H groups in total. The average molecular weight is 271 g/mol. The predicted octanol–water partition coefficient (Wildman–Crippen LogP) is 2.46. The molecule has 0 aromatic carbocycles. The van der Waals surface area contributed by atoms with E-state index in [0.717, 1.165) is 43.0 Å². The Kier molecular flexibility index (Phi) is 3.50. The van der Waals surface area contributed by atoms with Gasteiger partial charge in [-0.25, -0.2) is 9.78 Å². The molecule has 5 nitrogen and oxygen atoms in total. The lowest BCUT2D eigenvalue weighted by molar-refractivity contribution is 0.0521. The zero-order valence-electron chi connectivity index (χ0n) is 11.5. The molecule has 0 saturated carbocycles. The number of fused-ring (bicyclic) bond motifs is 1. The molecule has 1 aliphatic heterocycles. The lowest BCUT2D eigenvalue weighted by atomic mass is 10.1. The highest BCUT2D eigenvalue weighted by molar-refractivity contribution is 5.94. The monoisotopic (exact) mass is 271 g/mol. The van der Waals surface area contributed by atoms with Gasteiger partial charge in [0.2, 0.25) is 0 Å². The lowest BCUT2D eigenvalue weighted by Gasteiger charge is -2.16. The maximum Gasteiger partial charge on any atom is 0.359 e. The van der Waals surface area contributed by atoms with Crippen molar-refractivity contribution in [1.82, 2.24) is 14.5 Å². The van der Waals surface area contributed by atoms with Crippen LogP contribution in [0.25, 0.3) is 11.4 Å². The summed E-state index contributed by atoms with van der Waals surface area (Å²) >= 11 is 0. The van der Waals surface area contributed by atoms with Gasteiger partial charge in [-0.05, 0) is 31.9 Å². The second-order valence-electron chi connectivity index (χ2n) is 4.77. The average Bonchev–Trinajstić information content (AvgIpc) is 2.88. The Hall–Kier alpha value is -2.17. The van der Waals surface area contributed by atoms with Crippen molar-refractivity contribution >= 4 is 5.97 Å². The summed E-state index contributed by atoms with van der Waals surface area (Å²) in [6.07, 6.45) is 4.85. The molecule has 0 spiro atoms. The third-order valence-corrected chi connectivity index (χ3v) is 3.46. The molecule has 0 fully saturated rings. The first kappa shape index (κ1) is 12.8.